The van der Waals surface area contributed by atoms with E-state index in [1.54, 1.807) is 19.0 Å². The second-order valence-corrected chi connectivity index (χ2v) is 7.41. The first-order valence-electron chi connectivity index (χ1n) is 8.96. The third-order valence-corrected chi connectivity index (χ3v) is 5.39. The molecule has 2 heterocycles. The number of carbonyl (C=O) groups is 2. The summed E-state index contributed by atoms with van der Waals surface area (Å²) in [5.41, 5.74) is 0. The predicted molar refractivity (Wildman–Crippen MR) is 87.1 cm³/mol. The maximum Gasteiger partial charge on any atom is 0.317 e. The minimum atomic E-state index is -0.150. The van der Waals surface area contributed by atoms with Crippen molar-refractivity contribution in [2.45, 2.75) is 63.2 Å². The Balaban J connectivity index is 1.56. The zero-order valence-corrected chi connectivity index (χ0v) is 14.3. The fraction of sp³-hybridized carbons (Fsp3) is 0.882. The van der Waals surface area contributed by atoms with Crippen molar-refractivity contribution in [3.8, 4) is 0 Å². The molecule has 3 aliphatic rings. The molecule has 0 aromatic carbocycles. The summed E-state index contributed by atoms with van der Waals surface area (Å²) >= 11 is 0. The molecule has 6 nitrogen and oxygen atoms in total. The van der Waals surface area contributed by atoms with Crippen LogP contribution in [0.1, 0.15) is 44.9 Å². The number of hydrogen-bond donors (Lipinski definition) is 1. The van der Waals surface area contributed by atoms with Gasteiger partial charge in [0.25, 0.3) is 0 Å². The summed E-state index contributed by atoms with van der Waals surface area (Å²) in [7, 11) is 3.56. The zero-order chi connectivity index (χ0) is 16.4. The molecule has 6 heteroatoms. The molecule has 130 valence electrons. The van der Waals surface area contributed by atoms with E-state index in [2.05, 4.69) is 5.32 Å². The predicted octanol–water partition coefficient (Wildman–Crippen LogP) is 1.60. The normalized spacial score (nSPS) is 31.6. The summed E-state index contributed by atoms with van der Waals surface area (Å²) in [5.74, 6) is 0.00852. The Labute approximate surface area is 138 Å². The molecule has 3 atom stereocenters. The largest absolute Gasteiger partial charge is 0.370 e. The van der Waals surface area contributed by atoms with Crippen LogP contribution in [-0.2, 0) is 9.53 Å². The molecule has 2 bridgehead atoms. The molecule has 0 radical (unpaired) electrons. The first kappa shape index (κ1) is 16.6. The van der Waals surface area contributed by atoms with Crippen LogP contribution in [0.25, 0.3) is 0 Å². The van der Waals surface area contributed by atoms with E-state index in [0.717, 1.165) is 19.3 Å². The number of ether oxygens (including phenoxy) is 1. The number of hydrogen-bond acceptors (Lipinski definition) is 3. The second-order valence-electron chi connectivity index (χ2n) is 7.41. The van der Waals surface area contributed by atoms with Crippen molar-refractivity contribution in [1.29, 1.82) is 0 Å². The van der Waals surface area contributed by atoms with Crippen molar-refractivity contribution in [3.63, 3.8) is 0 Å². The van der Waals surface area contributed by atoms with Crippen molar-refractivity contribution in [2.24, 2.45) is 5.92 Å². The number of rotatable bonds is 2. The molecule has 2 aliphatic heterocycles. The van der Waals surface area contributed by atoms with Crippen LogP contribution >= 0.6 is 0 Å². The van der Waals surface area contributed by atoms with Crippen LogP contribution in [-0.4, -0.2) is 67.2 Å². The highest BCUT2D eigenvalue weighted by atomic mass is 16.5. The van der Waals surface area contributed by atoms with Crippen molar-refractivity contribution in [2.75, 3.05) is 27.2 Å². The molecule has 3 fully saturated rings. The maximum atomic E-state index is 12.6. The number of nitrogens with zero attached hydrogens (tertiary/aromatic N) is 2. The van der Waals surface area contributed by atoms with Crippen molar-refractivity contribution < 1.29 is 14.3 Å². The van der Waals surface area contributed by atoms with Gasteiger partial charge in [-0.05, 0) is 19.3 Å². The van der Waals surface area contributed by atoms with Crippen LogP contribution in [0.2, 0.25) is 0 Å². The van der Waals surface area contributed by atoms with E-state index in [1.165, 1.54) is 25.7 Å². The topological polar surface area (TPSA) is 61.9 Å². The first-order chi connectivity index (χ1) is 11.0. The average Bonchev–Trinajstić information content (AvgIpc) is 2.70. The van der Waals surface area contributed by atoms with Gasteiger partial charge in [0, 0.05) is 33.2 Å². The van der Waals surface area contributed by atoms with E-state index in [0.29, 0.717) is 19.1 Å². The van der Waals surface area contributed by atoms with Gasteiger partial charge in [0.05, 0.1) is 18.1 Å². The Hall–Kier alpha value is -1.30. The molecule has 0 aromatic rings. The summed E-state index contributed by atoms with van der Waals surface area (Å²) < 4.78 is 5.90. The number of urea groups is 1. The Morgan fingerprint density at radius 2 is 1.78 bits per heavy atom. The monoisotopic (exact) mass is 323 g/mol. The van der Waals surface area contributed by atoms with Gasteiger partial charge in [-0.3, -0.25) is 4.79 Å². The highest BCUT2D eigenvalue weighted by molar-refractivity contribution is 5.80. The van der Waals surface area contributed by atoms with Gasteiger partial charge in [-0.25, -0.2) is 4.79 Å². The van der Waals surface area contributed by atoms with Crippen LogP contribution in [0.4, 0.5) is 4.79 Å². The number of amides is 3. The summed E-state index contributed by atoms with van der Waals surface area (Å²) in [6, 6.07) is 0.331. The fourth-order valence-corrected chi connectivity index (χ4v) is 4.10. The first-order valence-corrected chi connectivity index (χ1v) is 8.96. The molecule has 3 unspecified atom stereocenters. The Morgan fingerprint density at radius 3 is 2.43 bits per heavy atom. The molecule has 3 rings (SSSR count). The van der Waals surface area contributed by atoms with E-state index in [4.69, 9.17) is 4.74 Å². The Kier molecular flexibility index (Phi) is 5.09. The number of morpholine rings is 1. The summed E-state index contributed by atoms with van der Waals surface area (Å²) in [4.78, 5) is 28.3. The standard InChI is InChI=1S/C17H29N3O3/c1-19(2)16(21)14-9-13-10-20(11-15(14)23-13)17(22)18-12-7-5-3-4-6-8-12/h12-15H,3-11H2,1-2H3,(H,18,22). The molecule has 0 spiro atoms. The molecular weight excluding hydrogens is 294 g/mol. The third kappa shape index (κ3) is 3.79. The van der Waals surface area contributed by atoms with Crippen LogP contribution in [0.3, 0.4) is 0 Å². The lowest BCUT2D eigenvalue weighted by atomic mass is 9.99. The van der Waals surface area contributed by atoms with Crippen molar-refractivity contribution in [1.82, 2.24) is 15.1 Å². The minimum absolute atomic E-state index is 0.00235. The van der Waals surface area contributed by atoms with Crippen LogP contribution in [0.5, 0.6) is 0 Å². The summed E-state index contributed by atoms with van der Waals surface area (Å²) in [6.07, 6.45) is 7.73. The van der Waals surface area contributed by atoms with Crippen molar-refractivity contribution >= 4 is 11.9 Å². The van der Waals surface area contributed by atoms with Crippen LogP contribution < -0.4 is 5.32 Å². The lowest BCUT2D eigenvalue weighted by molar-refractivity contribution is -0.135. The van der Waals surface area contributed by atoms with E-state index in [-0.39, 0.29) is 30.1 Å². The van der Waals surface area contributed by atoms with Gasteiger partial charge in [-0.2, -0.15) is 0 Å². The van der Waals surface area contributed by atoms with Gasteiger partial charge < -0.3 is 19.9 Å². The molecule has 2 saturated heterocycles. The van der Waals surface area contributed by atoms with Crippen LogP contribution in [0.15, 0.2) is 0 Å². The minimum Gasteiger partial charge on any atom is -0.370 e. The zero-order valence-electron chi connectivity index (χ0n) is 14.3. The van der Waals surface area contributed by atoms with Crippen LogP contribution in [0, 0.1) is 5.92 Å². The highest BCUT2D eigenvalue weighted by Crippen LogP contribution is 2.33. The van der Waals surface area contributed by atoms with E-state index in [1.807, 2.05) is 4.90 Å². The smallest absolute Gasteiger partial charge is 0.317 e. The molecule has 0 aromatic heterocycles. The number of carbonyl (C=O) groups excluding carboxylic acids is 2. The number of nitrogens with one attached hydrogen (secondary N) is 1. The van der Waals surface area contributed by atoms with Gasteiger partial charge in [0.15, 0.2) is 0 Å². The molecule has 1 N–H and O–H groups in total. The van der Waals surface area contributed by atoms with E-state index < -0.39 is 0 Å². The van der Waals surface area contributed by atoms with Crippen molar-refractivity contribution in [3.05, 3.63) is 0 Å². The highest BCUT2D eigenvalue weighted by Gasteiger charge is 2.46. The SMILES string of the molecule is CN(C)C(=O)C1CC2CN(C(=O)NC3CCCCCC3)CC1O2. The van der Waals surface area contributed by atoms with E-state index in [9.17, 15) is 9.59 Å². The number of likely N-dealkylation sites (tertiary alicyclic amines) is 1. The molecule has 3 amide bonds. The third-order valence-electron chi connectivity index (χ3n) is 5.39. The van der Waals surface area contributed by atoms with Gasteiger partial charge in [-0.1, -0.05) is 25.7 Å². The van der Waals surface area contributed by atoms with Gasteiger partial charge in [0.1, 0.15) is 0 Å². The van der Waals surface area contributed by atoms with Gasteiger partial charge in [0.2, 0.25) is 5.91 Å². The second kappa shape index (κ2) is 7.07. The molecule has 1 saturated carbocycles. The summed E-state index contributed by atoms with van der Waals surface area (Å²) in [6.45, 7) is 1.13. The van der Waals surface area contributed by atoms with Gasteiger partial charge >= 0.3 is 6.03 Å². The molecule has 23 heavy (non-hydrogen) atoms. The molecular formula is C17H29N3O3. The number of fused-ring (bicyclic) bond motifs is 2. The summed E-state index contributed by atoms with van der Waals surface area (Å²) in [5, 5.41) is 3.20. The quantitative estimate of drug-likeness (QED) is 0.785. The Bertz CT molecular complexity index is 446. The fourth-order valence-electron chi connectivity index (χ4n) is 4.10. The molecule has 1 aliphatic carbocycles. The Morgan fingerprint density at radius 1 is 1.09 bits per heavy atom. The lowest BCUT2D eigenvalue weighted by Gasteiger charge is -2.34. The lowest BCUT2D eigenvalue weighted by Crippen LogP contribution is -2.53. The van der Waals surface area contributed by atoms with E-state index >= 15 is 0 Å². The average molecular weight is 323 g/mol. The van der Waals surface area contributed by atoms with Gasteiger partial charge in [-0.15, -0.1) is 0 Å². The maximum absolute atomic E-state index is 12.6.